The maximum atomic E-state index is 6.05. The summed E-state index contributed by atoms with van der Waals surface area (Å²) in [4.78, 5) is 0. The number of hydrogen-bond donors (Lipinski definition) is 0. The van der Waals surface area contributed by atoms with Crippen LogP contribution in [0.2, 0.25) is 5.02 Å². The van der Waals surface area contributed by atoms with Crippen molar-refractivity contribution in [1.29, 1.82) is 0 Å². The molecule has 0 unspecified atom stereocenters. The van der Waals surface area contributed by atoms with Crippen molar-refractivity contribution < 1.29 is 0 Å². The Morgan fingerprint density at radius 1 is 0.444 bits per heavy atom. The zero-order chi connectivity index (χ0) is 18.2. The number of fused-ring (bicyclic) bond motifs is 3. The van der Waals surface area contributed by atoms with Crippen LogP contribution in [0.15, 0.2) is 103 Å². The summed E-state index contributed by atoms with van der Waals surface area (Å²) in [5.74, 6) is 0. The first-order chi connectivity index (χ1) is 13.3. The van der Waals surface area contributed by atoms with E-state index < -0.39 is 0 Å². The van der Waals surface area contributed by atoms with Gasteiger partial charge in [0, 0.05) is 5.02 Å². The second-order valence-electron chi connectivity index (χ2n) is 6.78. The van der Waals surface area contributed by atoms with Gasteiger partial charge in [0.1, 0.15) is 0 Å². The summed E-state index contributed by atoms with van der Waals surface area (Å²) >= 11 is 6.05. The van der Waals surface area contributed by atoms with Crippen molar-refractivity contribution in [1.82, 2.24) is 0 Å². The molecule has 0 aliphatic rings. The molecule has 0 bridgehead atoms. The molecule has 1 heteroatoms. The molecule has 0 atom stereocenters. The molecule has 0 nitrogen and oxygen atoms in total. The van der Waals surface area contributed by atoms with Gasteiger partial charge in [-0.1, -0.05) is 90.5 Å². The zero-order valence-electron chi connectivity index (χ0n) is 14.7. The average molecular weight is 365 g/mol. The molecule has 0 saturated carbocycles. The predicted octanol–water partition coefficient (Wildman–Crippen LogP) is 7.98. The van der Waals surface area contributed by atoms with E-state index in [2.05, 4.69) is 91.0 Å². The third kappa shape index (κ3) is 2.89. The Labute approximate surface area is 163 Å². The van der Waals surface area contributed by atoms with Gasteiger partial charge in [0.2, 0.25) is 0 Å². The van der Waals surface area contributed by atoms with Crippen LogP contribution >= 0.6 is 11.6 Å². The Balaban J connectivity index is 1.79. The summed E-state index contributed by atoms with van der Waals surface area (Å²) < 4.78 is 0. The zero-order valence-corrected chi connectivity index (χ0v) is 15.4. The quantitative estimate of drug-likeness (QED) is 0.278. The van der Waals surface area contributed by atoms with E-state index in [0.717, 1.165) is 5.02 Å². The number of benzene rings is 5. The molecule has 0 fully saturated rings. The highest BCUT2D eigenvalue weighted by Gasteiger charge is 2.09. The highest BCUT2D eigenvalue weighted by Crippen LogP contribution is 2.36. The molecule has 0 radical (unpaired) electrons. The first kappa shape index (κ1) is 16.1. The molecule has 0 aliphatic carbocycles. The molecular formula is C26H17Cl. The van der Waals surface area contributed by atoms with Crippen LogP contribution in [0.5, 0.6) is 0 Å². The van der Waals surface area contributed by atoms with Gasteiger partial charge in [-0.25, -0.2) is 0 Å². The van der Waals surface area contributed by atoms with Crippen molar-refractivity contribution in [2.45, 2.75) is 0 Å². The highest BCUT2D eigenvalue weighted by molar-refractivity contribution is 6.30. The Hall–Kier alpha value is -3.09. The van der Waals surface area contributed by atoms with Gasteiger partial charge in [-0.3, -0.25) is 0 Å². The fourth-order valence-corrected chi connectivity index (χ4v) is 3.91. The summed E-state index contributed by atoms with van der Waals surface area (Å²) in [6, 6.07) is 36.3. The summed E-state index contributed by atoms with van der Waals surface area (Å²) in [7, 11) is 0. The number of rotatable bonds is 2. The smallest absolute Gasteiger partial charge is 0.0406 e. The Morgan fingerprint density at radius 2 is 1.11 bits per heavy atom. The summed E-state index contributed by atoms with van der Waals surface area (Å²) in [5, 5.41) is 5.86. The molecule has 128 valence electrons. The third-order valence-electron chi connectivity index (χ3n) is 5.12. The van der Waals surface area contributed by atoms with E-state index in [-0.39, 0.29) is 0 Å². The normalized spacial score (nSPS) is 11.1. The Bertz CT molecular complexity index is 1250. The van der Waals surface area contributed by atoms with Gasteiger partial charge in [0.15, 0.2) is 0 Å². The molecule has 0 aliphatic heterocycles. The molecule has 0 spiro atoms. The van der Waals surface area contributed by atoms with Gasteiger partial charge in [-0.2, -0.15) is 0 Å². The van der Waals surface area contributed by atoms with Gasteiger partial charge < -0.3 is 0 Å². The average Bonchev–Trinajstić information content (AvgIpc) is 2.74. The molecule has 0 N–H and O–H groups in total. The molecule has 5 aromatic rings. The first-order valence-corrected chi connectivity index (χ1v) is 9.44. The fourth-order valence-electron chi connectivity index (χ4n) is 3.78. The van der Waals surface area contributed by atoms with E-state index in [1.54, 1.807) is 0 Å². The lowest BCUT2D eigenvalue weighted by atomic mass is 9.91. The standard InChI is InChI=1S/C26H17Cl/c27-22-14-12-18(13-15-22)20-10-11-21-17-25(19-6-2-1-3-7-19)23-8-4-5-9-24(23)26(21)16-20/h1-17H. The monoisotopic (exact) mass is 364 g/mol. The van der Waals surface area contributed by atoms with Crippen molar-refractivity contribution in [2.24, 2.45) is 0 Å². The van der Waals surface area contributed by atoms with Crippen LogP contribution in [0.4, 0.5) is 0 Å². The summed E-state index contributed by atoms with van der Waals surface area (Å²) in [6.45, 7) is 0. The van der Waals surface area contributed by atoms with Crippen LogP contribution in [-0.4, -0.2) is 0 Å². The van der Waals surface area contributed by atoms with Gasteiger partial charge in [0.25, 0.3) is 0 Å². The number of halogens is 1. The minimum Gasteiger partial charge on any atom is -0.0843 e. The third-order valence-corrected chi connectivity index (χ3v) is 5.37. The second kappa shape index (κ2) is 6.57. The summed E-state index contributed by atoms with van der Waals surface area (Å²) in [5.41, 5.74) is 4.91. The minimum absolute atomic E-state index is 0.762. The van der Waals surface area contributed by atoms with E-state index in [1.165, 1.54) is 43.8 Å². The molecular weight excluding hydrogens is 348 g/mol. The van der Waals surface area contributed by atoms with Crippen molar-refractivity contribution in [3.05, 3.63) is 108 Å². The van der Waals surface area contributed by atoms with Crippen molar-refractivity contribution in [3.63, 3.8) is 0 Å². The van der Waals surface area contributed by atoms with Crippen LogP contribution in [0.1, 0.15) is 0 Å². The minimum atomic E-state index is 0.762. The van der Waals surface area contributed by atoms with E-state index in [9.17, 15) is 0 Å². The van der Waals surface area contributed by atoms with E-state index in [0.29, 0.717) is 0 Å². The first-order valence-electron chi connectivity index (χ1n) is 9.06. The van der Waals surface area contributed by atoms with Crippen LogP contribution in [0.3, 0.4) is 0 Å². The van der Waals surface area contributed by atoms with E-state index in [4.69, 9.17) is 11.6 Å². The van der Waals surface area contributed by atoms with Crippen molar-refractivity contribution >= 4 is 33.1 Å². The van der Waals surface area contributed by atoms with Gasteiger partial charge in [-0.05, 0) is 68.1 Å². The lowest BCUT2D eigenvalue weighted by molar-refractivity contribution is 1.64. The Morgan fingerprint density at radius 3 is 1.89 bits per heavy atom. The molecule has 0 amide bonds. The van der Waals surface area contributed by atoms with Crippen molar-refractivity contribution in [3.8, 4) is 22.3 Å². The lowest BCUT2D eigenvalue weighted by Gasteiger charge is -2.12. The molecule has 0 heterocycles. The highest BCUT2D eigenvalue weighted by atomic mass is 35.5. The van der Waals surface area contributed by atoms with Crippen LogP contribution in [0.25, 0.3) is 43.8 Å². The SMILES string of the molecule is Clc1ccc(-c2ccc3cc(-c4ccccc4)c4ccccc4c3c2)cc1. The lowest BCUT2D eigenvalue weighted by Crippen LogP contribution is -1.86. The number of hydrogen-bond acceptors (Lipinski definition) is 0. The van der Waals surface area contributed by atoms with Gasteiger partial charge in [0.05, 0.1) is 0 Å². The van der Waals surface area contributed by atoms with Gasteiger partial charge in [-0.15, -0.1) is 0 Å². The Kier molecular flexibility index (Phi) is 3.92. The largest absolute Gasteiger partial charge is 0.0843 e. The van der Waals surface area contributed by atoms with E-state index in [1.807, 2.05) is 12.1 Å². The maximum Gasteiger partial charge on any atom is 0.0406 e. The van der Waals surface area contributed by atoms with Crippen LogP contribution < -0.4 is 0 Å². The summed E-state index contributed by atoms with van der Waals surface area (Å²) in [6.07, 6.45) is 0. The topological polar surface area (TPSA) is 0 Å². The predicted molar refractivity (Wildman–Crippen MR) is 117 cm³/mol. The maximum absolute atomic E-state index is 6.05. The van der Waals surface area contributed by atoms with Gasteiger partial charge >= 0.3 is 0 Å². The van der Waals surface area contributed by atoms with E-state index >= 15 is 0 Å². The molecule has 0 saturated heterocycles. The molecule has 27 heavy (non-hydrogen) atoms. The molecule has 0 aromatic heterocycles. The van der Waals surface area contributed by atoms with Crippen molar-refractivity contribution in [2.75, 3.05) is 0 Å². The van der Waals surface area contributed by atoms with Crippen LogP contribution in [0, 0.1) is 0 Å². The second-order valence-corrected chi connectivity index (χ2v) is 7.21. The molecule has 5 aromatic carbocycles. The fraction of sp³-hybridized carbons (Fsp3) is 0. The molecule has 5 rings (SSSR count). The van der Waals surface area contributed by atoms with Crippen LogP contribution in [-0.2, 0) is 0 Å².